The van der Waals surface area contributed by atoms with Gasteiger partial charge in [-0.05, 0) is 0 Å². The van der Waals surface area contributed by atoms with Crippen LogP contribution in [0.2, 0.25) is 25.1 Å². The summed E-state index contributed by atoms with van der Waals surface area (Å²) >= 11 is 28.8. The summed E-state index contributed by atoms with van der Waals surface area (Å²) in [6, 6.07) is 0. The third-order valence-corrected chi connectivity index (χ3v) is 4.57. The van der Waals surface area contributed by atoms with Crippen LogP contribution in [0.1, 0.15) is 5.56 Å². The fraction of sp³-hybridized carbons (Fsp3) is 0. The van der Waals surface area contributed by atoms with E-state index in [1.807, 2.05) is 0 Å². The van der Waals surface area contributed by atoms with Crippen LogP contribution in [0, 0.1) is 10.1 Å². The number of halogens is 5. The van der Waals surface area contributed by atoms with Crippen molar-refractivity contribution in [2.45, 2.75) is 0 Å². The van der Waals surface area contributed by atoms with Gasteiger partial charge >= 0.3 is 17.6 Å². The van der Waals surface area contributed by atoms with Crippen molar-refractivity contribution in [1.82, 2.24) is 0 Å². The third kappa shape index (κ3) is 3.23. The molecule has 0 spiro atoms. The van der Waals surface area contributed by atoms with Crippen molar-refractivity contribution >= 4 is 75.5 Å². The molecule has 118 valence electrons. The van der Waals surface area contributed by atoms with Crippen LogP contribution in [0.3, 0.4) is 0 Å². The number of hydrogen-bond acceptors (Lipinski definition) is 4. The fourth-order valence-electron chi connectivity index (χ4n) is 1.43. The molecule has 1 rings (SSSR count). The summed E-state index contributed by atoms with van der Waals surface area (Å²) in [5.41, 5.74) is -3.66. The van der Waals surface area contributed by atoms with Crippen molar-refractivity contribution in [1.29, 1.82) is 0 Å². The summed E-state index contributed by atoms with van der Waals surface area (Å²) in [6.45, 7) is 0. The second-order valence-corrected chi connectivity index (χ2v) is 5.43. The zero-order valence-corrected chi connectivity index (χ0v) is 13.6. The van der Waals surface area contributed by atoms with Crippen molar-refractivity contribution < 1.29 is 24.7 Å². The van der Waals surface area contributed by atoms with Crippen molar-refractivity contribution in [2.75, 3.05) is 0 Å². The van der Waals surface area contributed by atoms with E-state index in [9.17, 15) is 19.7 Å². The average molecular weight is 409 g/mol. The normalized spacial score (nSPS) is 11.9. The number of benzene rings is 1. The maximum absolute atomic E-state index is 11.3. The van der Waals surface area contributed by atoms with Crippen molar-refractivity contribution in [2.24, 2.45) is 0 Å². The highest BCUT2D eigenvalue weighted by Gasteiger charge is 2.36. The molecule has 2 N–H and O–H groups in total. The lowest BCUT2D eigenvalue weighted by atomic mass is 10.0. The van der Waals surface area contributed by atoms with E-state index in [0.29, 0.717) is 0 Å². The molecule has 1 aromatic rings. The predicted molar refractivity (Wildman–Crippen MR) is 80.7 cm³/mol. The topological polar surface area (TPSA) is 118 Å². The summed E-state index contributed by atoms with van der Waals surface area (Å²) < 4.78 is 0. The predicted octanol–water partition coefficient (Wildman–Crippen LogP) is 4.11. The maximum atomic E-state index is 11.3. The van der Waals surface area contributed by atoms with Gasteiger partial charge in [0.05, 0.1) is 30.0 Å². The number of rotatable bonds is 4. The lowest BCUT2D eigenvalue weighted by Gasteiger charge is -2.12. The number of carbonyl (C=O) groups is 2. The van der Waals surface area contributed by atoms with Gasteiger partial charge in [0.2, 0.25) is 0 Å². The van der Waals surface area contributed by atoms with Crippen LogP contribution >= 0.6 is 58.0 Å². The molecule has 7 nitrogen and oxygen atoms in total. The molecule has 1 aromatic carbocycles. The summed E-state index contributed by atoms with van der Waals surface area (Å²) in [5.74, 6) is -4.08. The third-order valence-electron chi connectivity index (χ3n) is 2.30. The van der Waals surface area contributed by atoms with Gasteiger partial charge in [-0.15, -0.1) is 0 Å². The van der Waals surface area contributed by atoms with E-state index in [4.69, 9.17) is 68.2 Å². The van der Waals surface area contributed by atoms with Gasteiger partial charge in [0, 0.05) is 5.56 Å². The van der Waals surface area contributed by atoms with Gasteiger partial charge in [0.15, 0.2) is 5.57 Å². The van der Waals surface area contributed by atoms with Crippen LogP contribution in [0.15, 0.2) is 5.70 Å². The van der Waals surface area contributed by atoms with Crippen LogP contribution in [0.4, 0.5) is 0 Å². The highest BCUT2D eigenvalue weighted by atomic mass is 35.5. The summed E-state index contributed by atoms with van der Waals surface area (Å²) in [5, 5.41) is 26.5. The second-order valence-electron chi connectivity index (χ2n) is 3.54. The first-order valence-electron chi connectivity index (χ1n) is 4.89. The molecule has 0 atom stereocenters. The van der Waals surface area contributed by atoms with E-state index < -0.39 is 53.8 Å². The van der Waals surface area contributed by atoms with E-state index in [0.717, 1.165) is 0 Å². The molecule has 0 aliphatic rings. The van der Waals surface area contributed by atoms with Crippen molar-refractivity contribution in [3.63, 3.8) is 0 Å². The molecule has 0 saturated heterocycles. The number of aliphatic carboxylic acids is 2. The first-order valence-corrected chi connectivity index (χ1v) is 6.78. The van der Waals surface area contributed by atoms with Gasteiger partial charge in [-0.25, -0.2) is 9.59 Å². The SMILES string of the molecule is O=C(O)/C(=C(/C(=O)O)[N+](=O)[O-])c1c(Cl)c(Cl)c(Cl)c(Cl)c1Cl. The van der Waals surface area contributed by atoms with E-state index in [1.165, 1.54) is 0 Å². The molecule has 0 aromatic heterocycles. The van der Waals surface area contributed by atoms with Crippen LogP contribution in [0.5, 0.6) is 0 Å². The van der Waals surface area contributed by atoms with Gasteiger partial charge < -0.3 is 10.2 Å². The Kier molecular flexibility index (Phi) is 5.89. The van der Waals surface area contributed by atoms with Gasteiger partial charge in [-0.3, -0.25) is 10.1 Å². The first kappa shape index (κ1) is 18.8. The van der Waals surface area contributed by atoms with E-state index >= 15 is 0 Å². The van der Waals surface area contributed by atoms with E-state index in [2.05, 4.69) is 0 Å². The molecule has 0 saturated carbocycles. The molecule has 0 heterocycles. The van der Waals surface area contributed by atoms with Crippen LogP contribution in [0.25, 0.3) is 5.57 Å². The molecule has 22 heavy (non-hydrogen) atoms. The molecule has 0 amide bonds. The molecule has 0 radical (unpaired) electrons. The quantitative estimate of drug-likeness (QED) is 0.254. The molecular weight excluding hydrogens is 407 g/mol. The molecule has 12 heteroatoms. The molecule has 0 fully saturated rings. The van der Waals surface area contributed by atoms with Gasteiger partial charge in [0.25, 0.3) is 0 Å². The minimum Gasteiger partial charge on any atom is -0.477 e. The number of nitro groups is 1. The summed E-state index contributed by atoms with van der Waals surface area (Å²) in [4.78, 5) is 31.7. The van der Waals surface area contributed by atoms with Gasteiger partial charge in [-0.2, -0.15) is 0 Å². The molecule has 0 aliphatic carbocycles. The zero-order chi connectivity index (χ0) is 17.4. The Labute approximate surface area is 146 Å². The molecule has 0 aliphatic heterocycles. The Balaban J connectivity index is 4.06. The Hall–Kier alpha value is -1.25. The lowest BCUT2D eigenvalue weighted by molar-refractivity contribution is -0.419. The second kappa shape index (κ2) is 6.89. The number of hydrogen-bond donors (Lipinski definition) is 2. The van der Waals surface area contributed by atoms with Crippen molar-refractivity contribution in [3.05, 3.63) is 46.5 Å². The Morgan fingerprint density at radius 3 is 1.45 bits per heavy atom. The average Bonchev–Trinajstić information content (AvgIpc) is 2.41. The fourth-order valence-corrected chi connectivity index (χ4v) is 2.75. The minimum atomic E-state index is -2.11. The number of carboxylic acids is 2. The highest BCUT2D eigenvalue weighted by molar-refractivity contribution is 6.56. The lowest BCUT2D eigenvalue weighted by Crippen LogP contribution is -2.17. The van der Waals surface area contributed by atoms with E-state index in [1.54, 1.807) is 0 Å². The van der Waals surface area contributed by atoms with Crippen LogP contribution in [-0.4, -0.2) is 27.1 Å². The Morgan fingerprint density at radius 2 is 1.18 bits per heavy atom. The highest BCUT2D eigenvalue weighted by Crippen LogP contribution is 2.47. The van der Waals surface area contributed by atoms with E-state index in [-0.39, 0.29) is 5.02 Å². The molecule has 0 unspecified atom stereocenters. The monoisotopic (exact) mass is 407 g/mol. The largest absolute Gasteiger partial charge is 0.477 e. The Bertz CT molecular complexity index is 699. The Morgan fingerprint density at radius 1 is 0.818 bits per heavy atom. The zero-order valence-electron chi connectivity index (χ0n) is 9.86. The summed E-state index contributed by atoms with van der Waals surface area (Å²) in [6.07, 6.45) is 0. The molecular formula is C10H2Cl5NO6. The molecule has 0 bridgehead atoms. The maximum Gasteiger partial charge on any atom is 0.408 e. The van der Waals surface area contributed by atoms with Crippen LogP contribution in [-0.2, 0) is 9.59 Å². The smallest absolute Gasteiger partial charge is 0.408 e. The van der Waals surface area contributed by atoms with Gasteiger partial charge in [-0.1, -0.05) is 58.0 Å². The summed E-state index contributed by atoms with van der Waals surface area (Å²) in [7, 11) is 0. The number of nitrogens with zero attached hydrogens (tertiary/aromatic N) is 1. The standard InChI is InChI=1S/C10H2Cl5NO6/c11-3-1(4(12)6(14)7(15)5(3)13)2(9(17)18)8(10(19)20)16(21)22/h(H,17,18)(H,19,20)/b8-2-. The van der Waals surface area contributed by atoms with Crippen LogP contribution < -0.4 is 0 Å². The van der Waals surface area contributed by atoms with Crippen molar-refractivity contribution in [3.8, 4) is 0 Å². The first-order chi connectivity index (χ1) is 10.0. The van der Waals surface area contributed by atoms with Gasteiger partial charge in [0.1, 0.15) is 0 Å². The minimum absolute atomic E-state index is 0.315. The number of carboxylic acid groups (broad SMARTS) is 2.